The fraction of sp³-hybridized carbons (Fsp3) is 0.300. The smallest absolute Gasteiger partial charge is 0.137 e. The zero-order chi connectivity index (χ0) is 8.72. The largest absolute Gasteiger partial charge is 0.346 e. The van der Waals surface area contributed by atoms with Crippen molar-refractivity contribution < 1.29 is 0 Å². The second-order valence-electron chi connectivity index (χ2n) is 3.26. The van der Waals surface area contributed by atoms with E-state index >= 15 is 0 Å². The Hall–Kier alpha value is -1.31. The van der Waals surface area contributed by atoms with Crippen molar-refractivity contribution in [3.63, 3.8) is 0 Å². The second-order valence-corrected chi connectivity index (χ2v) is 3.26. The van der Waals surface area contributed by atoms with E-state index in [1.807, 2.05) is 12.4 Å². The van der Waals surface area contributed by atoms with Gasteiger partial charge in [0.05, 0.1) is 0 Å². The molecule has 1 N–H and O–H groups in total. The highest BCUT2D eigenvalue weighted by Crippen LogP contribution is 2.21. The van der Waals surface area contributed by atoms with Crippen LogP contribution in [0.15, 0.2) is 12.4 Å². The first-order valence-corrected chi connectivity index (χ1v) is 4.10. The van der Waals surface area contributed by atoms with Gasteiger partial charge in [0, 0.05) is 17.8 Å². The molecule has 2 rings (SSSR count). The highest BCUT2D eigenvalue weighted by Gasteiger charge is 2.04. The van der Waals surface area contributed by atoms with E-state index in [2.05, 4.69) is 30.7 Å². The van der Waals surface area contributed by atoms with E-state index in [9.17, 15) is 0 Å². The molecule has 0 aliphatic rings. The minimum absolute atomic E-state index is 0.996. The highest BCUT2D eigenvalue weighted by molar-refractivity contribution is 5.83. The molecule has 0 radical (unpaired) electrons. The Kier molecular flexibility index (Phi) is 1.43. The summed E-state index contributed by atoms with van der Waals surface area (Å²) in [4.78, 5) is 7.45. The number of nitrogens with one attached hydrogen (secondary N) is 1. The van der Waals surface area contributed by atoms with Crippen LogP contribution in [0.3, 0.4) is 0 Å². The van der Waals surface area contributed by atoms with E-state index in [4.69, 9.17) is 0 Å². The third-order valence-corrected chi connectivity index (χ3v) is 2.41. The van der Waals surface area contributed by atoms with Crippen molar-refractivity contribution in [3.8, 4) is 0 Å². The molecule has 0 spiro atoms. The molecule has 0 saturated heterocycles. The van der Waals surface area contributed by atoms with Gasteiger partial charge >= 0.3 is 0 Å². The lowest BCUT2D eigenvalue weighted by Gasteiger charge is -2.00. The van der Waals surface area contributed by atoms with Crippen LogP contribution in [0.4, 0.5) is 0 Å². The van der Waals surface area contributed by atoms with E-state index < -0.39 is 0 Å². The minimum atomic E-state index is 0.996. The van der Waals surface area contributed by atoms with Gasteiger partial charge in [0.25, 0.3) is 0 Å². The van der Waals surface area contributed by atoms with Crippen LogP contribution in [0.1, 0.15) is 16.7 Å². The quantitative estimate of drug-likeness (QED) is 0.630. The van der Waals surface area contributed by atoms with Crippen molar-refractivity contribution >= 4 is 11.0 Å². The third-order valence-electron chi connectivity index (χ3n) is 2.41. The molecule has 0 amide bonds. The van der Waals surface area contributed by atoms with Gasteiger partial charge in [-0.05, 0) is 37.5 Å². The van der Waals surface area contributed by atoms with Crippen LogP contribution < -0.4 is 0 Å². The number of nitrogens with zero attached hydrogens (tertiary/aromatic N) is 1. The number of hydrogen-bond donors (Lipinski definition) is 1. The van der Waals surface area contributed by atoms with Crippen LogP contribution in [-0.4, -0.2) is 9.97 Å². The lowest BCUT2D eigenvalue weighted by Crippen LogP contribution is -1.85. The summed E-state index contributed by atoms with van der Waals surface area (Å²) in [5.41, 5.74) is 4.86. The average Bonchev–Trinajstić information content (AvgIpc) is 2.41. The topological polar surface area (TPSA) is 28.7 Å². The second kappa shape index (κ2) is 2.34. The number of aromatic amines is 1. The molecule has 0 atom stereocenters. The van der Waals surface area contributed by atoms with Gasteiger partial charge in [-0.3, -0.25) is 0 Å². The molecule has 0 bridgehead atoms. The Labute approximate surface area is 71.6 Å². The molecule has 0 fully saturated rings. The summed E-state index contributed by atoms with van der Waals surface area (Å²) in [6.07, 6.45) is 3.91. The van der Waals surface area contributed by atoms with Crippen molar-refractivity contribution in [1.29, 1.82) is 0 Å². The lowest BCUT2D eigenvalue weighted by molar-refractivity contribution is 1.25. The molecule has 0 unspecified atom stereocenters. The lowest BCUT2D eigenvalue weighted by atomic mass is 10.1. The van der Waals surface area contributed by atoms with E-state index in [0.717, 1.165) is 5.65 Å². The maximum absolute atomic E-state index is 4.31. The van der Waals surface area contributed by atoms with Crippen molar-refractivity contribution in [2.45, 2.75) is 20.8 Å². The van der Waals surface area contributed by atoms with Gasteiger partial charge in [0.15, 0.2) is 0 Å². The van der Waals surface area contributed by atoms with Gasteiger partial charge < -0.3 is 4.98 Å². The van der Waals surface area contributed by atoms with Crippen LogP contribution in [0, 0.1) is 20.8 Å². The Morgan fingerprint density at radius 3 is 2.67 bits per heavy atom. The van der Waals surface area contributed by atoms with E-state index in [-0.39, 0.29) is 0 Å². The molecule has 2 heteroatoms. The van der Waals surface area contributed by atoms with Gasteiger partial charge in [-0.2, -0.15) is 0 Å². The van der Waals surface area contributed by atoms with Gasteiger partial charge in [-0.15, -0.1) is 0 Å². The van der Waals surface area contributed by atoms with Crippen molar-refractivity contribution in [3.05, 3.63) is 29.1 Å². The molecule has 0 aliphatic heterocycles. The van der Waals surface area contributed by atoms with Crippen LogP contribution in [0.2, 0.25) is 0 Å². The van der Waals surface area contributed by atoms with Gasteiger partial charge in [-0.1, -0.05) is 0 Å². The summed E-state index contributed by atoms with van der Waals surface area (Å²) in [5.74, 6) is 0. The molecule has 0 saturated carbocycles. The SMILES string of the molecule is Cc1cnc2[nH]cc(C)c2c1C. The van der Waals surface area contributed by atoms with Crippen LogP contribution >= 0.6 is 0 Å². The third kappa shape index (κ3) is 0.843. The summed E-state index contributed by atoms with van der Waals surface area (Å²) < 4.78 is 0. The van der Waals surface area contributed by atoms with E-state index in [1.54, 1.807) is 0 Å². The molecule has 2 heterocycles. The van der Waals surface area contributed by atoms with E-state index in [1.165, 1.54) is 22.1 Å². The number of aromatic nitrogens is 2. The molecule has 62 valence electrons. The number of aryl methyl sites for hydroxylation is 3. The first-order chi connectivity index (χ1) is 5.70. The minimum Gasteiger partial charge on any atom is -0.346 e. The molecule has 12 heavy (non-hydrogen) atoms. The fourth-order valence-electron chi connectivity index (χ4n) is 1.54. The molecule has 0 aliphatic carbocycles. The molecule has 2 aromatic heterocycles. The van der Waals surface area contributed by atoms with Gasteiger partial charge in [0.1, 0.15) is 5.65 Å². The Morgan fingerprint density at radius 1 is 1.17 bits per heavy atom. The first kappa shape index (κ1) is 7.35. The van der Waals surface area contributed by atoms with Crippen LogP contribution in [0.25, 0.3) is 11.0 Å². The number of fused-ring (bicyclic) bond motifs is 1. The Balaban J connectivity index is 2.96. The number of pyridine rings is 1. The normalized spacial score (nSPS) is 10.9. The summed E-state index contributed by atoms with van der Waals surface area (Å²) in [6, 6.07) is 0. The predicted molar refractivity (Wildman–Crippen MR) is 50.3 cm³/mol. The Bertz CT molecular complexity index is 427. The highest BCUT2D eigenvalue weighted by atomic mass is 14.8. The molecular weight excluding hydrogens is 148 g/mol. The summed E-state index contributed by atoms with van der Waals surface area (Å²) >= 11 is 0. The molecule has 2 aromatic rings. The number of H-pyrrole nitrogens is 1. The fourth-order valence-corrected chi connectivity index (χ4v) is 1.54. The van der Waals surface area contributed by atoms with Crippen LogP contribution in [-0.2, 0) is 0 Å². The van der Waals surface area contributed by atoms with E-state index in [0.29, 0.717) is 0 Å². The van der Waals surface area contributed by atoms with Crippen molar-refractivity contribution in [2.24, 2.45) is 0 Å². The summed E-state index contributed by atoms with van der Waals surface area (Å²) in [5, 5.41) is 1.27. The van der Waals surface area contributed by atoms with Crippen molar-refractivity contribution in [2.75, 3.05) is 0 Å². The first-order valence-electron chi connectivity index (χ1n) is 4.10. The van der Waals surface area contributed by atoms with Gasteiger partial charge in [0.2, 0.25) is 0 Å². The summed E-state index contributed by atoms with van der Waals surface area (Å²) in [7, 11) is 0. The monoisotopic (exact) mass is 160 g/mol. The van der Waals surface area contributed by atoms with Crippen molar-refractivity contribution in [1.82, 2.24) is 9.97 Å². The number of hydrogen-bond acceptors (Lipinski definition) is 1. The maximum Gasteiger partial charge on any atom is 0.137 e. The molecular formula is C10H12N2. The standard InChI is InChI=1S/C10H12N2/c1-6-4-11-10-9(8(6)3)7(2)5-12-10/h4-5H,1-3H3,(H,11,12). The Morgan fingerprint density at radius 2 is 1.92 bits per heavy atom. The maximum atomic E-state index is 4.31. The predicted octanol–water partition coefficient (Wildman–Crippen LogP) is 2.49. The number of rotatable bonds is 0. The zero-order valence-corrected chi connectivity index (χ0v) is 7.60. The van der Waals surface area contributed by atoms with Gasteiger partial charge in [-0.25, -0.2) is 4.98 Å². The van der Waals surface area contributed by atoms with Crippen LogP contribution in [0.5, 0.6) is 0 Å². The average molecular weight is 160 g/mol. The summed E-state index contributed by atoms with van der Waals surface area (Å²) in [6.45, 7) is 6.33. The zero-order valence-electron chi connectivity index (χ0n) is 7.60. The molecule has 0 aromatic carbocycles. The molecule has 2 nitrogen and oxygen atoms in total.